The van der Waals surface area contributed by atoms with Crippen LogP contribution in [0, 0.1) is 0 Å². The number of benzene rings is 2. The molecule has 0 radical (unpaired) electrons. The van der Waals surface area contributed by atoms with Crippen LogP contribution >= 0.6 is 27.5 Å². The van der Waals surface area contributed by atoms with Crippen molar-refractivity contribution in [2.75, 3.05) is 11.9 Å². The zero-order valence-electron chi connectivity index (χ0n) is 16.5. The van der Waals surface area contributed by atoms with Crippen LogP contribution in [0.3, 0.4) is 0 Å². The number of hydrogen-bond donors (Lipinski definition) is 2. The molecule has 0 heterocycles. The maximum atomic E-state index is 12.7. The molecular weight excluding hydrogens is 460 g/mol. The summed E-state index contributed by atoms with van der Waals surface area (Å²) in [6.45, 7) is 5.54. The van der Waals surface area contributed by atoms with Crippen molar-refractivity contribution in [1.82, 2.24) is 5.32 Å². The number of halogens is 2. The van der Waals surface area contributed by atoms with Gasteiger partial charge in [-0.1, -0.05) is 41.9 Å². The molecule has 6 nitrogen and oxygen atoms in total. The Kier molecular flexibility index (Phi) is 8.49. The molecule has 0 fully saturated rings. The number of alkyl carbamates (subject to hydrolysis) is 1. The van der Waals surface area contributed by atoms with Crippen LogP contribution in [-0.4, -0.2) is 30.3 Å². The van der Waals surface area contributed by atoms with E-state index in [9.17, 15) is 9.59 Å². The van der Waals surface area contributed by atoms with Crippen LogP contribution < -0.4 is 10.6 Å². The van der Waals surface area contributed by atoms with Crippen molar-refractivity contribution in [3.63, 3.8) is 0 Å². The van der Waals surface area contributed by atoms with Crippen LogP contribution in [0.4, 0.5) is 10.5 Å². The summed E-state index contributed by atoms with van der Waals surface area (Å²) in [6, 6.07) is 13.6. The zero-order chi connectivity index (χ0) is 21.4. The highest BCUT2D eigenvalue weighted by atomic mass is 79.9. The van der Waals surface area contributed by atoms with Crippen LogP contribution in [0.1, 0.15) is 26.3 Å². The lowest BCUT2D eigenvalue weighted by Gasteiger charge is -2.23. The van der Waals surface area contributed by atoms with E-state index >= 15 is 0 Å². The van der Waals surface area contributed by atoms with Gasteiger partial charge in [-0.25, -0.2) is 4.79 Å². The van der Waals surface area contributed by atoms with E-state index in [2.05, 4.69) is 26.6 Å². The number of carbonyl (C=O) groups is 2. The Hall–Kier alpha value is -2.09. The Morgan fingerprint density at radius 3 is 2.45 bits per heavy atom. The van der Waals surface area contributed by atoms with E-state index in [1.165, 1.54) is 0 Å². The van der Waals surface area contributed by atoms with Gasteiger partial charge in [-0.2, -0.15) is 0 Å². The molecule has 1 atom stereocenters. The predicted molar refractivity (Wildman–Crippen MR) is 117 cm³/mol. The molecule has 0 bridgehead atoms. The summed E-state index contributed by atoms with van der Waals surface area (Å²) in [5, 5.41) is 5.84. The first kappa shape index (κ1) is 23.2. The lowest BCUT2D eigenvalue weighted by atomic mass is 10.2. The quantitative estimate of drug-likeness (QED) is 0.571. The molecule has 0 saturated heterocycles. The Morgan fingerprint density at radius 2 is 1.83 bits per heavy atom. The van der Waals surface area contributed by atoms with Gasteiger partial charge in [-0.05, 0) is 60.5 Å². The van der Waals surface area contributed by atoms with Gasteiger partial charge in [0.05, 0.1) is 18.2 Å². The summed E-state index contributed by atoms with van der Waals surface area (Å²) in [5.41, 5.74) is 0.813. The van der Waals surface area contributed by atoms with E-state index in [-0.39, 0.29) is 6.61 Å². The average Bonchev–Trinajstić information content (AvgIpc) is 2.63. The number of hydrogen-bond acceptors (Lipinski definition) is 4. The second kappa shape index (κ2) is 10.6. The first-order valence-corrected chi connectivity index (χ1v) is 10.2. The first-order chi connectivity index (χ1) is 13.6. The summed E-state index contributed by atoms with van der Waals surface area (Å²) < 4.78 is 11.6. The average molecular weight is 484 g/mol. The molecule has 2 rings (SSSR count). The molecule has 0 aliphatic heterocycles. The Balaban J connectivity index is 2.03. The molecule has 0 spiro atoms. The summed E-state index contributed by atoms with van der Waals surface area (Å²) in [4.78, 5) is 24.9. The maximum Gasteiger partial charge on any atom is 0.408 e. The minimum absolute atomic E-state index is 0.0191. The highest BCUT2D eigenvalue weighted by molar-refractivity contribution is 9.10. The standard InChI is InChI=1S/C21H24BrClN2O4/c1-21(2,3)29-20(27)25-18(13-28-12-14-7-5-4-6-8-14)19(26)24-15-9-10-17(23)16(22)11-15/h4-11,18H,12-13H2,1-3H3,(H,24,26)(H,25,27)/t18-/m0/s1. The number of anilines is 1. The second-order valence-electron chi connectivity index (χ2n) is 7.32. The Labute approximate surface area is 184 Å². The molecule has 0 saturated carbocycles. The van der Waals surface area contributed by atoms with E-state index in [1.54, 1.807) is 39.0 Å². The summed E-state index contributed by atoms with van der Waals surface area (Å²) in [7, 11) is 0. The van der Waals surface area contributed by atoms with Gasteiger partial charge in [0.15, 0.2) is 0 Å². The topological polar surface area (TPSA) is 76.7 Å². The molecule has 2 aromatic rings. The molecule has 156 valence electrons. The maximum absolute atomic E-state index is 12.7. The fraction of sp³-hybridized carbons (Fsp3) is 0.333. The fourth-order valence-corrected chi connectivity index (χ4v) is 2.80. The molecule has 2 N–H and O–H groups in total. The van der Waals surface area contributed by atoms with Crippen molar-refractivity contribution < 1.29 is 19.1 Å². The van der Waals surface area contributed by atoms with Gasteiger partial charge in [-0.3, -0.25) is 4.79 Å². The van der Waals surface area contributed by atoms with Crippen molar-refractivity contribution in [1.29, 1.82) is 0 Å². The van der Waals surface area contributed by atoms with Crippen LogP contribution in [0.25, 0.3) is 0 Å². The molecule has 2 amide bonds. The normalized spacial score (nSPS) is 12.2. The zero-order valence-corrected chi connectivity index (χ0v) is 18.8. The molecule has 8 heteroatoms. The Bertz CT molecular complexity index is 840. The van der Waals surface area contributed by atoms with E-state index < -0.39 is 23.6 Å². The van der Waals surface area contributed by atoms with Gasteiger partial charge in [-0.15, -0.1) is 0 Å². The number of carbonyl (C=O) groups excluding carboxylic acids is 2. The van der Waals surface area contributed by atoms with Crippen molar-refractivity contribution in [2.45, 2.75) is 39.0 Å². The van der Waals surface area contributed by atoms with E-state index in [0.29, 0.717) is 21.8 Å². The van der Waals surface area contributed by atoms with E-state index in [0.717, 1.165) is 5.56 Å². The smallest absolute Gasteiger partial charge is 0.408 e. The highest BCUT2D eigenvalue weighted by Crippen LogP contribution is 2.25. The SMILES string of the molecule is CC(C)(C)OC(=O)N[C@@H](COCc1ccccc1)C(=O)Nc1ccc(Cl)c(Br)c1. The van der Waals surface area contributed by atoms with Crippen LogP contribution in [-0.2, 0) is 20.9 Å². The van der Waals surface area contributed by atoms with Gasteiger partial charge < -0.3 is 20.1 Å². The lowest BCUT2D eigenvalue weighted by Crippen LogP contribution is -2.48. The molecule has 2 aromatic carbocycles. The minimum atomic E-state index is -0.942. The summed E-state index contributed by atoms with van der Waals surface area (Å²) in [5.74, 6) is -0.432. The second-order valence-corrected chi connectivity index (χ2v) is 8.58. The van der Waals surface area contributed by atoms with Crippen molar-refractivity contribution in [2.24, 2.45) is 0 Å². The highest BCUT2D eigenvalue weighted by Gasteiger charge is 2.25. The van der Waals surface area contributed by atoms with Crippen molar-refractivity contribution in [3.05, 3.63) is 63.6 Å². The summed E-state index contributed by atoms with van der Waals surface area (Å²) in [6.07, 6.45) is -0.696. The third kappa shape index (κ3) is 8.43. The predicted octanol–water partition coefficient (Wildman–Crippen LogP) is 5.15. The number of nitrogens with one attached hydrogen (secondary N) is 2. The molecule has 29 heavy (non-hydrogen) atoms. The number of amides is 2. The Morgan fingerprint density at radius 1 is 1.14 bits per heavy atom. The largest absolute Gasteiger partial charge is 0.444 e. The third-order valence-electron chi connectivity index (χ3n) is 3.59. The molecule has 0 aliphatic carbocycles. The van der Waals surface area contributed by atoms with Crippen molar-refractivity contribution >= 4 is 45.2 Å². The van der Waals surface area contributed by atoms with Gasteiger partial charge in [0.25, 0.3) is 0 Å². The van der Waals surface area contributed by atoms with Gasteiger partial charge in [0.1, 0.15) is 11.6 Å². The number of ether oxygens (including phenoxy) is 2. The van der Waals surface area contributed by atoms with Crippen LogP contribution in [0.2, 0.25) is 5.02 Å². The van der Waals surface area contributed by atoms with E-state index in [4.69, 9.17) is 21.1 Å². The molecule has 0 aliphatic rings. The van der Waals surface area contributed by atoms with E-state index in [1.807, 2.05) is 30.3 Å². The van der Waals surface area contributed by atoms with Gasteiger partial charge in [0, 0.05) is 10.2 Å². The molecule has 0 aromatic heterocycles. The minimum Gasteiger partial charge on any atom is -0.444 e. The van der Waals surface area contributed by atoms with Crippen molar-refractivity contribution in [3.8, 4) is 0 Å². The lowest BCUT2D eigenvalue weighted by molar-refractivity contribution is -0.119. The molecule has 0 unspecified atom stereocenters. The first-order valence-electron chi connectivity index (χ1n) is 9.01. The van der Waals surface area contributed by atoms with Crippen LogP contribution in [0.5, 0.6) is 0 Å². The summed E-state index contributed by atoms with van der Waals surface area (Å²) >= 11 is 9.30. The number of rotatable bonds is 7. The van der Waals surface area contributed by atoms with Gasteiger partial charge in [0.2, 0.25) is 5.91 Å². The molecular formula is C21H24BrClN2O4. The fourth-order valence-electron chi connectivity index (χ4n) is 2.30. The van der Waals surface area contributed by atoms with Gasteiger partial charge >= 0.3 is 6.09 Å². The monoisotopic (exact) mass is 482 g/mol. The third-order valence-corrected chi connectivity index (χ3v) is 4.80. The van der Waals surface area contributed by atoms with Crippen LogP contribution in [0.15, 0.2) is 53.0 Å².